The maximum atomic E-state index is 5.56. The van der Waals surface area contributed by atoms with Crippen molar-refractivity contribution in [1.29, 1.82) is 0 Å². The highest BCUT2D eigenvalue weighted by atomic mass is 16.5. The molecule has 0 radical (unpaired) electrons. The number of benzene rings is 1. The zero-order chi connectivity index (χ0) is 18.8. The molecular weight excluding hydrogens is 338 g/mol. The van der Waals surface area contributed by atoms with Crippen molar-refractivity contribution in [2.45, 2.75) is 51.5 Å². The van der Waals surface area contributed by atoms with E-state index in [1.165, 1.54) is 62.3 Å². The van der Waals surface area contributed by atoms with Crippen LogP contribution in [-0.2, 0) is 12.8 Å². The van der Waals surface area contributed by atoms with Crippen LogP contribution < -0.4 is 14.8 Å². The Kier molecular flexibility index (Phi) is 5.39. The van der Waals surface area contributed by atoms with Crippen LogP contribution in [0.4, 0.5) is 5.69 Å². The van der Waals surface area contributed by atoms with Crippen molar-refractivity contribution in [2.24, 2.45) is 0 Å². The Morgan fingerprint density at radius 2 is 1.85 bits per heavy atom. The first-order chi connectivity index (χ1) is 13.2. The van der Waals surface area contributed by atoms with Crippen LogP contribution in [0.2, 0.25) is 0 Å². The van der Waals surface area contributed by atoms with Crippen LogP contribution in [0, 0.1) is 0 Å². The minimum Gasteiger partial charge on any atom is -0.493 e. The van der Waals surface area contributed by atoms with Crippen LogP contribution in [-0.4, -0.2) is 49.8 Å². The molecule has 1 aromatic heterocycles. The number of anilines is 1. The van der Waals surface area contributed by atoms with Gasteiger partial charge < -0.3 is 19.7 Å². The molecule has 2 aromatic rings. The molecule has 27 heavy (non-hydrogen) atoms. The number of pyridine rings is 1. The predicted octanol–water partition coefficient (Wildman–Crippen LogP) is 4.03. The van der Waals surface area contributed by atoms with Gasteiger partial charge in [-0.3, -0.25) is 4.98 Å². The molecule has 2 heterocycles. The molecule has 0 amide bonds. The number of piperidine rings is 1. The summed E-state index contributed by atoms with van der Waals surface area (Å²) in [5.74, 6) is 1.51. The molecule has 5 nitrogen and oxygen atoms in total. The molecule has 1 saturated heterocycles. The third-order valence-corrected chi connectivity index (χ3v) is 5.99. The highest BCUT2D eigenvalue weighted by Crippen LogP contribution is 2.40. The van der Waals surface area contributed by atoms with E-state index in [-0.39, 0.29) is 0 Å². The lowest BCUT2D eigenvalue weighted by atomic mass is 10.0. The Balaban J connectivity index is 1.68. The zero-order valence-corrected chi connectivity index (χ0v) is 16.8. The fraction of sp³-hybridized carbons (Fsp3) is 0.591. The van der Waals surface area contributed by atoms with Gasteiger partial charge in [0.15, 0.2) is 11.5 Å². The van der Waals surface area contributed by atoms with Gasteiger partial charge >= 0.3 is 0 Å². The number of nitrogens with zero attached hydrogens (tertiary/aromatic N) is 2. The number of nitrogens with one attached hydrogen (secondary N) is 1. The number of ether oxygens (including phenoxy) is 2. The van der Waals surface area contributed by atoms with Crippen LogP contribution in [0.5, 0.6) is 11.5 Å². The van der Waals surface area contributed by atoms with Crippen molar-refractivity contribution in [3.8, 4) is 11.5 Å². The highest BCUT2D eigenvalue weighted by molar-refractivity contribution is 5.96. The molecular formula is C22H31N3O2. The number of hydrogen-bond acceptors (Lipinski definition) is 5. The fourth-order valence-corrected chi connectivity index (χ4v) is 4.58. The van der Waals surface area contributed by atoms with E-state index in [2.05, 4.69) is 23.2 Å². The van der Waals surface area contributed by atoms with Crippen LogP contribution in [0.1, 0.15) is 43.9 Å². The zero-order valence-electron chi connectivity index (χ0n) is 16.8. The smallest absolute Gasteiger partial charge is 0.162 e. The molecule has 0 unspecified atom stereocenters. The number of methoxy groups -OCH3 is 2. The lowest BCUT2D eigenvalue weighted by molar-refractivity contribution is 0.219. The third-order valence-electron chi connectivity index (χ3n) is 5.99. The van der Waals surface area contributed by atoms with Gasteiger partial charge in [-0.15, -0.1) is 0 Å². The summed E-state index contributed by atoms with van der Waals surface area (Å²) in [5.41, 5.74) is 4.94. The molecule has 0 saturated carbocycles. The lowest BCUT2D eigenvalue weighted by Gasteiger charge is -2.33. The van der Waals surface area contributed by atoms with Gasteiger partial charge in [0.2, 0.25) is 0 Å². The van der Waals surface area contributed by atoms with E-state index in [4.69, 9.17) is 14.5 Å². The Morgan fingerprint density at radius 1 is 1.11 bits per heavy atom. The monoisotopic (exact) mass is 369 g/mol. The van der Waals surface area contributed by atoms with Gasteiger partial charge in [0.1, 0.15) is 0 Å². The van der Waals surface area contributed by atoms with E-state index in [1.807, 2.05) is 6.07 Å². The van der Waals surface area contributed by atoms with Crippen molar-refractivity contribution in [2.75, 3.05) is 39.2 Å². The van der Waals surface area contributed by atoms with Gasteiger partial charge in [-0.05, 0) is 56.7 Å². The summed E-state index contributed by atoms with van der Waals surface area (Å²) in [4.78, 5) is 7.53. The average molecular weight is 370 g/mol. The normalized spacial score (nSPS) is 17.9. The molecule has 0 atom stereocenters. The van der Waals surface area contributed by atoms with Gasteiger partial charge in [0.25, 0.3) is 0 Å². The summed E-state index contributed by atoms with van der Waals surface area (Å²) in [5, 5.41) is 5.07. The Bertz CT molecular complexity index is 813. The minimum absolute atomic E-state index is 0.529. The molecule has 2 aliphatic rings. The van der Waals surface area contributed by atoms with Gasteiger partial charge in [-0.1, -0.05) is 6.92 Å². The average Bonchev–Trinajstić information content (AvgIpc) is 3.16. The quantitative estimate of drug-likeness (QED) is 0.833. The first-order valence-corrected chi connectivity index (χ1v) is 10.3. The van der Waals surface area contributed by atoms with Crippen molar-refractivity contribution in [3.63, 3.8) is 0 Å². The summed E-state index contributed by atoms with van der Waals surface area (Å²) in [6, 6.07) is 4.64. The summed E-state index contributed by atoms with van der Waals surface area (Å²) >= 11 is 0. The molecule has 1 aliphatic heterocycles. The Morgan fingerprint density at radius 3 is 2.56 bits per heavy atom. The molecule has 0 spiro atoms. The first-order valence-electron chi connectivity index (χ1n) is 10.3. The molecule has 5 heteroatoms. The summed E-state index contributed by atoms with van der Waals surface area (Å²) in [7, 11) is 3.38. The molecule has 1 N–H and O–H groups in total. The third kappa shape index (κ3) is 3.57. The summed E-state index contributed by atoms with van der Waals surface area (Å²) < 4.78 is 11.1. The van der Waals surface area contributed by atoms with Gasteiger partial charge in [0.05, 0.1) is 19.7 Å². The number of rotatable bonds is 6. The number of aromatic nitrogens is 1. The second kappa shape index (κ2) is 7.93. The Labute approximate surface area is 162 Å². The Hall–Kier alpha value is -2.01. The molecule has 4 rings (SSSR count). The highest BCUT2D eigenvalue weighted by Gasteiger charge is 2.25. The van der Waals surface area contributed by atoms with Gasteiger partial charge in [0, 0.05) is 42.0 Å². The fourth-order valence-electron chi connectivity index (χ4n) is 4.58. The second-order valence-corrected chi connectivity index (χ2v) is 7.75. The maximum absolute atomic E-state index is 5.56. The van der Waals surface area contributed by atoms with E-state index < -0.39 is 0 Å². The van der Waals surface area contributed by atoms with Crippen molar-refractivity contribution < 1.29 is 9.47 Å². The SMILES string of the molecule is CCCN1CCC(Nc2c3c(nc4cc(OC)c(OC)cc24)CCC3)CC1. The predicted molar refractivity (Wildman–Crippen MR) is 110 cm³/mol. The van der Waals surface area contributed by atoms with E-state index in [0.717, 1.165) is 35.2 Å². The number of likely N-dealkylation sites (tertiary alicyclic amines) is 1. The van der Waals surface area contributed by atoms with E-state index >= 15 is 0 Å². The molecule has 0 bridgehead atoms. The molecule has 1 aliphatic carbocycles. The number of fused-ring (bicyclic) bond motifs is 2. The number of aryl methyl sites for hydroxylation is 1. The summed E-state index contributed by atoms with van der Waals surface area (Å²) in [6.07, 6.45) is 7.02. The van der Waals surface area contributed by atoms with Crippen LogP contribution in [0.25, 0.3) is 10.9 Å². The van der Waals surface area contributed by atoms with Gasteiger partial charge in [-0.25, -0.2) is 0 Å². The maximum Gasteiger partial charge on any atom is 0.162 e. The lowest BCUT2D eigenvalue weighted by Crippen LogP contribution is -2.39. The van der Waals surface area contributed by atoms with E-state index in [1.54, 1.807) is 14.2 Å². The van der Waals surface area contributed by atoms with Crippen molar-refractivity contribution >= 4 is 16.6 Å². The van der Waals surface area contributed by atoms with Crippen LogP contribution in [0.3, 0.4) is 0 Å². The van der Waals surface area contributed by atoms with E-state index in [9.17, 15) is 0 Å². The number of hydrogen-bond donors (Lipinski definition) is 1. The largest absolute Gasteiger partial charge is 0.493 e. The standard InChI is InChI=1S/C22H31N3O2/c1-4-10-25-11-8-15(9-12-25)23-22-16-6-5-7-18(16)24-19-14-21(27-3)20(26-2)13-17(19)22/h13-15H,4-12H2,1-3H3,(H,23,24). The van der Waals surface area contributed by atoms with E-state index in [0.29, 0.717) is 6.04 Å². The van der Waals surface area contributed by atoms with Gasteiger partial charge in [-0.2, -0.15) is 0 Å². The van der Waals surface area contributed by atoms with Crippen molar-refractivity contribution in [3.05, 3.63) is 23.4 Å². The van der Waals surface area contributed by atoms with Crippen LogP contribution >= 0.6 is 0 Å². The molecule has 146 valence electrons. The van der Waals surface area contributed by atoms with Crippen molar-refractivity contribution in [1.82, 2.24) is 9.88 Å². The second-order valence-electron chi connectivity index (χ2n) is 7.75. The summed E-state index contributed by atoms with van der Waals surface area (Å²) in [6.45, 7) is 5.86. The molecule has 1 fully saturated rings. The van der Waals surface area contributed by atoms with Crippen LogP contribution in [0.15, 0.2) is 12.1 Å². The topological polar surface area (TPSA) is 46.6 Å². The molecule has 1 aromatic carbocycles. The minimum atomic E-state index is 0.529. The first kappa shape index (κ1) is 18.4.